The third-order valence-electron chi connectivity index (χ3n) is 6.47. The number of aliphatic carboxylic acids is 1. The van der Waals surface area contributed by atoms with Crippen LogP contribution in [0.2, 0.25) is 0 Å². The molecule has 0 spiro atoms. The van der Waals surface area contributed by atoms with E-state index in [0.29, 0.717) is 17.0 Å². The molecule has 1 amide bonds. The molecule has 2 aromatic heterocycles. The smallest absolute Gasteiger partial charge is 0.416 e. The summed E-state index contributed by atoms with van der Waals surface area (Å²) in [5.74, 6) is -3.24. The first kappa shape index (κ1) is 32.7. The predicted molar refractivity (Wildman–Crippen MR) is 156 cm³/mol. The Bertz CT molecular complexity index is 1650. The zero-order valence-corrected chi connectivity index (χ0v) is 24.4. The summed E-state index contributed by atoms with van der Waals surface area (Å²) in [5, 5.41) is 13.0. The number of carbonyl (C=O) groups excluding carboxylic acids is 2. The number of carboxylic acids is 1. The molecule has 4 aromatic rings. The molecule has 2 aromatic carbocycles. The molecule has 0 saturated carbocycles. The number of halogens is 6. The van der Waals surface area contributed by atoms with Gasteiger partial charge < -0.3 is 10.4 Å². The van der Waals surface area contributed by atoms with Gasteiger partial charge in [-0.1, -0.05) is 31.2 Å². The highest BCUT2D eigenvalue weighted by molar-refractivity contribution is 7.22. The summed E-state index contributed by atoms with van der Waals surface area (Å²) in [6.07, 6.45) is -8.99. The third-order valence-corrected chi connectivity index (χ3v) is 8.65. The van der Waals surface area contributed by atoms with E-state index < -0.39 is 47.1 Å². The lowest BCUT2D eigenvalue weighted by atomic mass is 9.91. The molecule has 1 atom stereocenters. The van der Waals surface area contributed by atoms with E-state index in [-0.39, 0.29) is 41.3 Å². The van der Waals surface area contributed by atoms with Crippen molar-refractivity contribution in [3.8, 4) is 9.75 Å². The summed E-state index contributed by atoms with van der Waals surface area (Å²) < 4.78 is 81.1. The monoisotopic (exact) mass is 651 g/mol. The minimum absolute atomic E-state index is 0.0535. The van der Waals surface area contributed by atoms with Crippen molar-refractivity contribution in [3.05, 3.63) is 111 Å². The third kappa shape index (κ3) is 8.03. The van der Waals surface area contributed by atoms with Crippen molar-refractivity contribution in [2.24, 2.45) is 0 Å². The van der Waals surface area contributed by atoms with Crippen molar-refractivity contribution >= 4 is 45.9 Å². The molecule has 0 aliphatic carbocycles. The predicted octanol–water partition coefficient (Wildman–Crippen LogP) is 8.79. The largest absolute Gasteiger partial charge is 0.481 e. The molecule has 0 aliphatic heterocycles. The van der Waals surface area contributed by atoms with Gasteiger partial charge in [0.15, 0.2) is 5.78 Å². The van der Waals surface area contributed by atoms with Gasteiger partial charge in [0, 0.05) is 43.8 Å². The number of alkyl halides is 6. The van der Waals surface area contributed by atoms with E-state index in [1.54, 1.807) is 12.1 Å². The van der Waals surface area contributed by atoms with Crippen LogP contribution >= 0.6 is 22.7 Å². The molecule has 1 unspecified atom stereocenters. The second-order valence-corrected chi connectivity index (χ2v) is 11.7. The quantitative estimate of drug-likeness (QED) is 0.102. The number of Topliss-reactive ketones (excluding diaryl/α,β-unsaturated/α-hetero) is 1. The van der Waals surface area contributed by atoms with Crippen LogP contribution in [-0.4, -0.2) is 29.3 Å². The first-order valence-electron chi connectivity index (χ1n) is 12.9. The number of carbonyl (C=O) groups is 3. The van der Waals surface area contributed by atoms with Crippen molar-refractivity contribution in [2.75, 3.05) is 6.54 Å². The molecular weight excluding hydrogens is 628 g/mol. The van der Waals surface area contributed by atoms with Gasteiger partial charge in [0.05, 0.1) is 17.5 Å². The van der Waals surface area contributed by atoms with E-state index in [4.69, 9.17) is 5.11 Å². The fraction of sp³-hybridized carbons (Fsp3) is 0.194. The van der Waals surface area contributed by atoms with Gasteiger partial charge in [-0.25, -0.2) is 0 Å². The molecule has 0 aliphatic rings. The summed E-state index contributed by atoms with van der Waals surface area (Å²) >= 11 is 2.70. The van der Waals surface area contributed by atoms with Gasteiger partial charge in [0.25, 0.3) is 5.91 Å². The van der Waals surface area contributed by atoms with Gasteiger partial charge in [-0.05, 0) is 59.5 Å². The maximum Gasteiger partial charge on any atom is 0.416 e. The molecule has 0 bridgehead atoms. The highest BCUT2D eigenvalue weighted by atomic mass is 32.1. The fourth-order valence-electron chi connectivity index (χ4n) is 4.21. The Morgan fingerprint density at radius 3 is 2.02 bits per heavy atom. The average Bonchev–Trinajstić information content (AvgIpc) is 3.67. The van der Waals surface area contributed by atoms with Crippen LogP contribution in [0.15, 0.2) is 78.2 Å². The second-order valence-electron chi connectivity index (χ2n) is 9.66. The summed E-state index contributed by atoms with van der Waals surface area (Å²) in [7, 11) is 0. The van der Waals surface area contributed by atoms with Crippen LogP contribution in [0.3, 0.4) is 0 Å². The second kappa shape index (κ2) is 13.2. The van der Waals surface area contributed by atoms with Gasteiger partial charge in [-0.15, -0.1) is 22.7 Å². The molecule has 0 fully saturated rings. The van der Waals surface area contributed by atoms with Crippen LogP contribution in [0.25, 0.3) is 15.3 Å². The average molecular weight is 652 g/mol. The number of hydrogen-bond donors (Lipinski definition) is 2. The zero-order chi connectivity index (χ0) is 32.2. The van der Waals surface area contributed by atoms with E-state index >= 15 is 0 Å². The van der Waals surface area contributed by atoms with Gasteiger partial charge >= 0.3 is 18.3 Å². The Hall–Kier alpha value is -4.23. The Balaban J connectivity index is 1.74. The van der Waals surface area contributed by atoms with Crippen LogP contribution in [0.1, 0.15) is 61.5 Å². The van der Waals surface area contributed by atoms with E-state index in [1.807, 2.05) is 17.5 Å². The topological polar surface area (TPSA) is 83.5 Å². The Morgan fingerprint density at radius 1 is 0.864 bits per heavy atom. The molecule has 230 valence electrons. The maximum absolute atomic E-state index is 13.8. The van der Waals surface area contributed by atoms with Crippen LogP contribution in [0.5, 0.6) is 0 Å². The number of rotatable bonds is 10. The molecule has 44 heavy (non-hydrogen) atoms. The molecule has 4 rings (SSSR count). The summed E-state index contributed by atoms with van der Waals surface area (Å²) in [4.78, 5) is 39.0. The molecule has 0 radical (unpaired) electrons. The Morgan fingerprint density at radius 2 is 1.48 bits per heavy atom. The number of thiophene rings is 2. The van der Waals surface area contributed by atoms with Gasteiger partial charge in [-0.3, -0.25) is 14.4 Å². The lowest BCUT2D eigenvalue weighted by Gasteiger charge is -2.17. The Labute approximate surface area is 255 Å². The molecule has 0 saturated heterocycles. The van der Waals surface area contributed by atoms with E-state index in [2.05, 4.69) is 5.32 Å². The number of ketones is 1. The van der Waals surface area contributed by atoms with Crippen molar-refractivity contribution in [1.82, 2.24) is 5.32 Å². The van der Waals surface area contributed by atoms with Gasteiger partial charge in [0.1, 0.15) is 0 Å². The molecule has 2 heterocycles. The lowest BCUT2D eigenvalue weighted by molar-refractivity contribution is -0.143. The molecule has 5 nitrogen and oxygen atoms in total. The van der Waals surface area contributed by atoms with Gasteiger partial charge in [-0.2, -0.15) is 26.3 Å². The minimum atomic E-state index is -5.02. The van der Waals surface area contributed by atoms with Crippen molar-refractivity contribution in [1.29, 1.82) is 0 Å². The van der Waals surface area contributed by atoms with E-state index in [9.17, 15) is 40.7 Å². The molecular formula is C31H23F6NO4S2. The number of allylic oxidation sites excluding steroid dienone is 2. The van der Waals surface area contributed by atoms with Crippen LogP contribution in [0, 0.1) is 0 Å². The zero-order valence-electron chi connectivity index (χ0n) is 22.8. The van der Waals surface area contributed by atoms with Crippen molar-refractivity contribution in [3.63, 3.8) is 0 Å². The number of nitrogens with one attached hydrogen (secondary N) is 1. The molecule has 2 N–H and O–H groups in total. The van der Waals surface area contributed by atoms with E-state index in [1.165, 1.54) is 59.9 Å². The SMILES string of the molecule is CC(/C=C(\C(=O)c1ccc(C(=O)NCCC(=O)O)cc1)c1ccc(-c2cccs2)s1)c1cc(C(F)(F)F)cc(C(F)(F)F)c1. The fourth-order valence-corrected chi connectivity index (χ4v) is 6.07. The van der Waals surface area contributed by atoms with Crippen LogP contribution < -0.4 is 5.32 Å². The number of amides is 1. The lowest BCUT2D eigenvalue weighted by Crippen LogP contribution is -2.26. The van der Waals surface area contributed by atoms with Crippen LogP contribution in [-0.2, 0) is 17.1 Å². The number of carboxylic acid groups (broad SMARTS) is 1. The van der Waals surface area contributed by atoms with Crippen molar-refractivity contribution in [2.45, 2.75) is 31.6 Å². The number of hydrogen-bond acceptors (Lipinski definition) is 5. The highest BCUT2D eigenvalue weighted by Gasteiger charge is 2.37. The minimum Gasteiger partial charge on any atom is -0.481 e. The summed E-state index contributed by atoms with van der Waals surface area (Å²) in [6, 6.07) is 13.9. The van der Waals surface area contributed by atoms with E-state index in [0.717, 1.165) is 9.75 Å². The molecule has 13 heteroatoms. The summed E-state index contributed by atoms with van der Waals surface area (Å²) in [6.45, 7) is 1.30. The summed E-state index contributed by atoms with van der Waals surface area (Å²) in [5.41, 5.74) is -2.84. The number of benzene rings is 2. The maximum atomic E-state index is 13.8. The Kier molecular flexibility index (Phi) is 9.79. The first-order chi connectivity index (χ1) is 20.6. The normalized spacial score (nSPS) is 13.0. The highest BCUT2D eigenvalue weighted by Crippen LogP contribution is 2.40. The van der Waals surface area contributed by atoms with Crippen LogP contribution in [0.4, 0.5) is 26.3 Å². The van der Waals surface area contributed by atoms with Crippen molar-refractivity contribution < 1.29 is 45.8 Å². The van der Waals surface area contributed by atoms with Gasteiger partial charge in [0.2, 0.25) is 0 Å². The standard InChI is InChI=1S/C31H23F6NO4S2/c1-17(20-14-21(30(32,33)34)16-22(15-20)31(35,36)37)13-23(24-8-9-26(44-24)25-3-2-12-43-25)28(41)18-4-6-19(7-5-18)29(42)38-11-10-27(39)40/h2-9,12-17H,10-11H2,1H3,(H,38,42)(H,39,40)/b23-13-. The first-order valence-corrected chi connectivity index (χ1v) is 14.6.